The number of nitrogens with zero attached hydrogens (tertiary/aromatic N) is 3. The Hall–Kier alpha value is -3.58. The minimum atomic E-state index is -0.755. The molecule has 31 heavy (non-hydrogen) atoms. The maximum absolute atomic E-state index is 12.6. The number of halogens is 1. The second-order valence-electron chi connectivity index (χ2n) is 6.83. The van der Waals surface area contributed by atoms with Crippen LogP contribution in [-0.2, 0) is 4.74 Å². The number of carbonyl (C=O) groups is 2. The van der Waals surface area contributed by atoms with Gasteiger partial charge in [-0.25, -0.2) is 14.5 Å². The summed E-state index contributed by atoms with van der Waals surface area (Å²) >= 11 is 3.43. The highest BCUT2D eigenvalue weighted by molar-refractivity contribution is 9.10. The quantitative estimate of drug-likeness (QED) is 0.288. The molecule has 4 aromatic rings. The van der Waals surface area contributed by atoms with E-state index in [9.17, 15) is 9.59 Å². The van der Waals surface area contributed by atoms with Gasteiger partial charge >= 0.3 is 5.97 Å². The molecule has 7 heteroatoms. The lowest BCUT2D eigenvalue weighted by Gasteiger charge is -2.08. The van der Waals surface area contributed by atoms with Crippen LogP contribution in [-0.4, -0.2) is 33.1 Å². The Balaban J connectivity index is 1.64. The molecule has 4 rings (SSSR count). The van der Waals surface area contributed by atoms with E-state index < -0.39 is 5.97 Å². The van der Waals surface area contributed by atoms with Gasteiger partial charge in [-0.05, 0) is 30.7 Å². The lowest BCUT2D eigenvalue weighted by atomic mass is 10.1. The van der Waals surface area contributed by atoms with Crippen LogP contribution in [0, 0.1) is 6.92 Å². The average molecular weight is 476 g/mol. The van der Waals surface area contributed by atoms with Gasteiger partial charge in [0.2, 0.25) is 0 Å². The van der Waals surface area contributed by atoms with Gasteiger partial charge in [0.05, 0.1) is 5.69 Å². The number of hydrogen-bond acceptors (Lipinski definition) is 5. The fraction of sp³-hybridized carbons (Fsp3) is 0.0833. The topological polar surface area (TPSA) is 74.1 Å². The first-order valence-corrected chi connectivity index (χ1v) is 10.4. The Kier molecular flexibility index (Phi) is 6.04. The zero-order chi connectivity index (χ0) is 21.8. The first kappa shape index (κ1) is 20.7. The summed E-state index contributed by atoms with van der Waals surface area (Å²) in [6, 6.07) is 23.9. The molecular formula is C24H18BrN3O3. The molecule has 0 fully saturated rings. The highest BCUT2D eigenvalue weighted by Crippen LogP contribution is 2.25. The van der Waals surface area contributed by atoms with Crippen molar-refractivity contribution in [2.24, 2.45) is 0 Å². The van der Waals surface area contributed by atoms with Gasteiger partial charge in [-0.1, -0.05) is 76.6 Å². The number of benzene rings is 3. The van der Waals surface area contributed by atoms with Crippen LogP contribution in [0.5, 0.6) is 0 Å². The van der Waals surface area contributed by atoms with Gasteiger partial charge < -0.3 is 4.74 Å². The Morgan fingerprint density at radius 1 is 0.935 bits per heavy atom. The molecule has 0 spiro atoms. The van der Waals surface area contributed by atoms with Crippen molar-refractivity contribution in [1.82, 2.24) is 14.8 Å². The molecular weight excluding hydrogens is 458 g/mol. The second kappa shape index (κ2) is 9.06. The normalized spacial score (nSPS) is 10.6. The fourth-order valence-corrected chi connectivity index (χ4v) is 3.32. The molecule has 3 aromatic carbocycles. The van der Waals surface area contributed by atoms with Crippen LogP contribution < -0.4 is 0 Å². The summed E-state index contributed by atoms with van der Waals surface area (Å²) in [4.78, 5) is 29.3. The molecule has 0 aliphatic rings. The zero-order valence-corrected chi connectivity index (χ0v) is 18.2. The molecule has 1 aromatic heterocycles. The van der Waals surface area contributed by atoms with E-state index >= 15 is 0 Å². The Labute approximate surface area is 187 Å². The van der Waals surface area contributed by atoms with Crippen molar-refractivity contribution in [2.75, 3.05) is 6.61 Å². The molecule has 0 atom stereocenters. The predicted molar refractivity (Wildman–Crippen MR) is 120 cm³/mol. The van der Waals surface area contributed by atoms with Crippen LogP contribution in [0.1, 0.15) is 26.5 Å². The van der Waals surface area contributed by atoms with Crippen molar-refractivity contribution in [3.8, 4) is 17.1 Å². The number of hydrogen-bond donors (Lipinski definition) is 0. The summed E-state index contributed by atoms with van der Waals surface area (Å²) in [7, 11) is 0. The first-order chi connectivity index (χ1) is 15.0. The number of carbonyl (C=O) groups excluding carboxylic acids is 2. The minimum absolute atomic E-state index is 0.109. The van der Waals surface area contributed by atoms with E-state index in [1.54, 1.807) is 28.9 Å². The van der Waals surface area contributed by atoms with E-state index in [2.05, 4.69) is 26.0 Å². The van der Waals surface area contributed by atoms with Gasteiger partial charge in [-0.15, -0.1) is 5.10 Å². The van der Waals surface area contributed by atoms with Gasteiger partial charge in [0.15, 0.2) is 18.2 Å². The number of aryl methyl sites for hydroxylation is 1. The molecule has 154 valence electrons. The van der Waals surface area contributed by atoms with Gasteiger partial charge in [0, 0.05) is 15.6 Å². The van der Waals surface area contributed by atoms with Crippen LogP contribution >= 0.6 is 15.9 Å². The number of ether oxygens (including phenoxy) is 1. The van der Waals surface area contributed by atoms with Crippen molar-refractivity contribution < 1.29 is 14.3 Å². The van der Waals surface area contributed by atoms with Crippen molar-refractivity contribution in [2.45, 2.75) is 6.92 Å². The van der Waals surface area contributed by atoms with E-state index in [0.717, 1.165) is 21.3 Å². The highest BCUT2D eigenvalue weighted by atomic mass is 79.9. The average Bonchev–Trinajstić information content (AvgIpc) is 3.24. The summed E-state index contributed by atoms with van der Waals surface area (Å²) in [5.41, 5.74) is 3.04. The molecule has 6 nitrogen and oxygen atoms in total. The maximum atomic E-state index is 12.6. The van der Waals surface area contributed by atoms with Crippen LogP contribution in [0.2, 0.25) is 0 Å². The molecule has 0 radical (unpaired) electrons. The number of ketones is 1. The molecule has 0 saturated carbocycles. The van der Waals surface area contributed by atoms with Crippen LogP contribution in [0.25, 0.3) is 17.1 Å². The van der Waals surface area contributed by atoms with E-state index in [-0.39, 0.29) is 18.2 Å². The third-order valence-electron chi connectivity index (χ3n) is 4.67. The molecule has 0 amide bonds. The largest absolute Gasteiger partial charge is 0.451 e. The van der Waals surface area contributed by atoms with Gasteiger partial charge in [-0.2, -0.15) is 0 Å². The predicted octanol–water partition coefficient (Wildman–Crippen LogP) is 5.04. The SMILES string of the molecule is Cc1ccccc1-n1nc(C(=O)OCC(=O)c2ccccc2)nc1-c1ccc(Br)cc1. The molecule has 0 saturated heterocycles. The minimum Gasteiger partial charge on any atom is -0.451 e. The van der Waals surface area contributed by atoms with E-state index in [0.29, 0.717) is 11.4 Å². The highest BCUT2D eigenvalue weighted by Gasteiger charge is 2.21. The third kappa shape index (κ3) is 4.62. The molecule has 0 N–H and O–H groups in total. The van der Waals surface area contributed by atoms with Crippen molar-refractivity contribution >= 4 is 27.7 Å². The Bertz CT molecular complexity index is 1230. The van der Waals surface area contributed by atoms with Gasteiger partial charge in [0.25, 0.3) is 5.82 Å². The number of para-hydroxylation sites is 1. The smallest absolute Gasteiger partial charge is 0.378 e. The zero-order valence-electron chi connectivity index (χ0n) is 16.7. The van der Waals surface area contributed by atoms with Gasteiger partial charge in [-0.3, -0.25) is 4.79 Å². The monoisotopic (exact) mass is 475 g/mol. The fourth-order valence-electron chi connectivity index (χ4n) is 3.06. The van der Waals surface area contributed by atoms with Crippen molar-refractivity contribution in [3.05, 3.63) is 100 Å². The summed E-state index contributed by atoms with van der Waals surface area (Å²) in [5, 5.41) is 4.40. The number of rotatable bonds is 6. The molecule has 0 unspecified atom stereocenters. The molecule has 0 bridgehead atoms. The van der Waals surface area contributed by atoms with Crippen LogP contribution in [0.4, 0.5) is 0 Å². The van der Waals surface area contributed by atoms with Crippen LogP contribution in [0.3, 0.4) is 0 Å². The van der Waals surface area contributed by atoms with Gasteiger partial charge in [0.1, 0.15) is 0 Å². The molecule has 0 aliphatic heterocycles. The Morgan fingerprint density at radius 2 is 1.61 bits per heavy atom. The number of aromatic nitrogens is 3. The lowest BCUT2D eigenvalue weighted by molar-refractivity contribution is 0.0462. The lowest BCUT2D eigenvalue weighted by Crippen LogP contribution is -2.15. The van der Waals surface area contributed by atoms with Crippen LogP contribution in [0.15, 0.2) is 83.3 Å². The third-order valence-corrected chi connectivity index (χ3v) is 5.19. The molecule has 1 heterocycles. The number of Topliss-reactive ketones (excluding diaryl/α,β-unsaturated/α-hetero) is 1. The molecule has 0 aliphatic carbocycles. The van der Waals surface area contributed by atoms with Crippen molar-refractivity contribution in [1.29, 1.82) is 0 Å². The maximum Gasteiger partial charge on any atom is 0.378 e. The summed E-state index contributed by atoms with van der Waals surface area (Å²) < 4.78 is 7.75. The van der Waals surface area contributed by atoms with E-state index in [4.69, 9.17) is 4.74 Å². The first-order valence-electron chi connectivity index (χ1n) is 9.57. The summed E-state index contributed by atoms with van der Waals surface area (Å²) in [6.07, 6.45) is 0. The van der Waals surface area contributed by atoms with E-state index in [1.165, 1.54) is 0 Å². The second-order valence-corrected chi connectivity index (χ2v) is 7.75. The van der Waals surface area contributed by atoms with Crippen molar-refractivity contribution in [3.63, 3.8) is 0 Å². The Morgan fingerprint density at radius 3 is 2.32 bits per heavy atom. The number of esters is 1. The van der Waals surface area contributed by atoms with E-state index in [1.807, 2.05) is 61.5 Å². The summed E-state index contributed by atoms with van der Waals surface area (Å²) in [6.45, 7) is 1.58. The standard InChI is InChI=1S/C24H18BrN3O3/c1-16-7-5-6-10-20(16)28-23(18-11-13-19(25)14-12-18)26-22(27-28)24(30)31-15-21(29)17-8-3-2-4-9-17/h2-14H,15H2,1H3. The summed E-state index contributed by atoms with van der Waals surface area (Å²) in [5.74, 6) is -0.652.